The Labute approximate surface area is 179 Å². The van der Waals surface area contributed by atoms with E-state index in [0.717, 1.165) is 51.4 Å². The molecule has 6 heteroatoms. The molecule has 4 aliphatic carbocycles. The highest BCUT2D eigenvalue weighted by Gasteiger charge is 2.62. The molecule has 5 aliphatic rings. The fraction of sp³-hybridized carbons (Fsp3) is 0.875. The van der Waals surface area contributed by atoms with Crippen molar-refractivity contribution in [2.75, 3.05) is 20.2 Å². The van der Waals surface area contributed by atoms with Crippen LogP contribution in [-0.2, 0) is 19.1 Å². The zero-order valence-corrected chi connectivity index (χ0v) is 18.6. The molecule has 7 atom stereocenters. The van der Waals surface area contributed by atoms with Crippen molar-refractivity contribution in [3.8, 4) is 0 Å². The molecule has 0 unspecified atom stereocenters. The summed E-state index contributed by atoms with van der Waals surface area (Å²) in [6.45, 7) is 5.18. The van der Waals surface area contributed by atoms with Gasteiger partial charge in [-0.1, -0.05) is 13.8 Å². The van der Waals surface area contributed by atoms with Crippen LogP contribution < -0.4 is 0 Å². The van der Waals surface area contributed by atoms with Gasteiger partial charge in [0, 0.05) is 11.8 Å². The molecule has 1 spiro atoms. The number of methoxy groups -OCH3 is 1. The van der Waals surface area contributed by atoms with Crippen molar-refractivity contribution in [3.05, 3.63) is 0 Å². The molecule has 5 fully saturated rings. The van der Waals surface area contributed by atoms with Gasteiger partial charge in [-0.05, 0) is 80.5 Å². The van der Waals surface area contributed by atoms with Crippen LogP contribution >= 0.6 is 0 Å². The van der Waals surface area contributed by atoms with Crippen LogP contribution in [0.1, 0.15) is 71.6 Å². The molecular weight excluding hydrogens is 382 g/mol. The predicted octanol–water partition coefficient (Wildman–Crippen LogP) is 3.96. The summed E-state index contributed by atoms with van der Waals surface area (Å²) >= 11 is 0. The molecule has 0 aromatic carbocycles. The number of carbonyl (C=O) groups is 3. The summed E-state index contributed by atoms with van der Waals surface area (Å²) in [7, 11) is 1.34. The maximum absolute atomic E-state index is 12.6. The number of hydrogen-bond donors (Lipinski definition) is 0. The molecule has 0 aromatic rings. The van der Waals surface area contributed by atoms with Crippen LogP contribution in [0, 0.1) is 34.5 Å². The molecule has 166 valence electrons. The van der Waals surface area contributed by atoms with Crippen LogP contribution in [0.15, 0.2) is 0 Å². The first-order valence-electron chi connectivity index (χ1n) is 11.8. The maximum Gasteiger partial charge on any atom is 0.411 e. The van der Waals surface area contributed by atoms with Crippen LogP contribution in [0.4, 0.5) is 4.79 Å². The van der Waals surface area contributed by atoms with Crippen LogP contribution in [0.25, 0.3) is 0 Å². The summed E-state index contributed by atoms with van der Waals surface area (Å²) in [6.07, 6.45) is 8.89. The number of carbonyl (C=O) groups excluding carboxylic acids is 3. The van der Waals surface area contributed by atoms with Crippen molar-refractivity contribution in [1.82, 2.24) is 4.90 Å². The van der Waals surface area contributed by atoms with Gasteiger partial charge in [-0.2, -0.15) is 0 Å². The zero-order valence-electron chi connectivity index (χ0n) is 18.6. The van der Waals surface area contributed by atoms with Gasteiger partial charge in [0.25, 0.3) is 0 Å². The monoisotopic (exact) mass is 417 g/mol. The Kier molecular flexibility index (Phi) is 4.54. The summed E-state index contributed by atoms with van der Waals surface area (Å²) in [5.74, 6) is 2.57. The molecule has 0 aromatic heterocycles. The molecular formula is C24H35NO5. The second-order valence-corrected chi connectivity index (χ2v) is 11.3. The fourth-order valence-electron chi connectivity index (χ4n) is 8.35. The molecule has 5 rings (SSSR count). The highest BCUT2D eigenvalue weighted by Crippen LogP contribution is 2.66. The lowest BCUT2D eigenvalue weighted by Crippen LogP contribution is -2.56. The number of ether oxygens (including phenoxy) is 2. The van der Waals surface area contributed by atoms with E-state index in [2.05, 4.69) is 13.8 Å². The maximum atomic E-state index is 12.6. The zero-order chi connectivity index (χ0) is 21.3. The summed E-state index contributed by atoms with van der Waals surface area (Å²) in [5.41, 5.74) is -0.256. The Morgan fingerprint density at radius 2 is 1.90 bits per heavy atom. The SMILES string of the molecule is COC(=O)CN1C[C@]2(CC[C@@]3(C)[C@@H](CC[C@@H]4[C@@H]3CC[C@]3(C)C(=O)CC[C@@H]43)C2)OC1=O. The first kappa shape index (κ1) is 20.3. The first-order valence-corrected chi connectivity index (χ1v) is 11.8. The third kappa shape index (κ3) is 2.77. The number of fused-ring (bicyclic) bond motifs is 5. The summed E-state index contributed by atoms with van der Waals surface area (Å²) < 4.78 is 10.6. The lowest BCUT2D eigenvalue weighted by atomic mass is 9.44. The molecule has 1 heterocycles. The molecule has 0 bridgehead atoms. The highest BCUT2D eigenvalue weighted by molar-refractivity contribution is 5.87. The Morgan fingerprint density at radius 1 is 1.10 bits per heavy atom. The average molecular weight is 418 g/mol. The van der Waals surface area contributed by atoms with Gasteiger partial charge in [0.05, 0.1) is 13.7 Å². The molecule has 4 saturated carbocycles. The molecule has 30 heavy (non-hydrogen) atoms. The topological polar surface area (TPSA) is 72.9 Å². The van der Waals surface area contributed by atoms with Gasteiger partial charge in [-0.25, -0.2) is 4.79 Å². The first-order chi connectivity index (χ1) is 14.2. The number of amides is 1. The minimum atomic E-state index is -0.450. The minimum Gasteiger partial charge on any atom is -0.468 e. The van der Waals surface area contributed by atoms with Crippen molar-refractivity contribution in [1.29, 1.82) is 0 Å². The Bertz CT molecular complexity index is 782. The second kappa shape index (κ2) is 6.70. The van der Waals surface area contributed by atoms with E-state index in [-0.39, 0.29) is 23.5 Å². The van der Waals surface area contributed by atoms with Gasteiger partial charge in [0.2, 0.25) is 0 Å². The minimum absolute atomic E-state index is 0.0298. The molecule has 6 nitrogen and oxygen atoms in total. The van der Waals surface area contributed by atoms with E-state index in [4.69, 9.17) is 9.47 Å². The Balaban J connectivity index is 1.33. The van der Waals surface area contributed by atoms with E-state index in [0.29, 0.717) is 36.0 Å². The lowest BCUT2D eigenvalue weighted by Gasteiger charge is -2.61. The molecule has 1 aliphatic heterocycles. The van der Waals surface area contributed by atoms with E-state index in [1.54, 1.807) is 0 Å². The van der Waals surface area contributed by atoms with Gasteiger partial charge in [0.1, 0.15) is 17.9 Å². The van der Waals surface area contributed by atoms with Gasteiger partial charge < -0.3 is 9.47 Å². The number of Topliss-reactive ketones (excluding diaryl/α,β-unsaturated/α-hetero) is 1. The third-order valence-electron chi connectivity index (χ3n) is 10.1. The Morgan fingerprint density at radius 3 is 2.67 bits per heavy atom. The fourth-order valence-corrected chi connectivity index (χ4v) is 8.35. The van der Waals surface area contributed by atoms with Crippen LogP contribution in [0.5, 0.6) is 0 Å². The number of rotatable bonds is 2. The van der Waals surface area contributed by atoms with Crippen molar-refractivity contribution < 1.29 is 23.9 Å². The van der Waals surface area contributed by atoms with Crippen LogP contribution in [0.3, 0.4) is 0 Å². The van der Waals surface area contributed by atoms with Crippen LogP contribution in [0.2, 0.25) is 0 Å². The van der Waals surface area contributed by atoms with Crippen molar-refractivity contribution >= 4 is 17.8 Å². The lowest BCUT2D eigenvalue weighted by molar-refractivity contribution is -0.149. The second-order valence-electron chi connectivity index (χ2n) is 11.3. The van der Waals surface area contributed by atoms with E-state index in [9.17, 15) is 14.4 Å². The third-order valence-corrected chi connectivity index (χ3v) is 10.1. The number of hydrogen-bond acceptors (Lipinski definition) is 5. The number of ketones is 1. The van der Waals surface area contributed by atoms with E-state index in [1.807, 2.05) is 0 Å². The summed E-state index contributed by atoms with van der Waals surface area (Å²) in [4.78, 5) is 38.2. The predicted molar refractivity (Wildman–Crippen MR) is 110 cm³/mol. The molecule has 0 radical (unpaired) electrons. The van der Waals surface area contributed by atoms with E-state index in [1.165, 1.54) is 18.4 Å². The van der Waals surface area contributed by atoms with Crippen molar-refractivity contribution in [3.63, 3.8) is 0 Å². The summed E-state index contributed by atoms with van der Waals surface area (Å²) in [6, 6.07) is 0. The van der Waals surface area contributed by atoms with Crippen molar-refractivity contribution in [2.24, 2.45) is 34.5 Å². The molecule has 1 saturated heterocycles. The van der Waals surface area contributed by atoms with E-state index >= 15 is 0 Å². The average Bonchev–Trinajstić information content (AvgIpc) is 3.18. The van der Waals surface area contributed by atoms with Crippen molar-refractivity contribution in [2.45, 2.75) is 77.2 Å². The van der Waals surface area contributed by atoms with Gasteiger partial charge in [0.15, 0.2) is 0 Å². The quantitative estimate of drug-likeness (QED) is 0.636. The number of nitrogens with zero attached hydrogens (tertiary/aromatic N) is 1. The Hall–Kier alpha value is -1.59. The highest BCUT2D eigenvalue weighted by atomic mass is 16.6. The van der Waals surface area contributed by atoms with Gasteiger partial charge in [-0.15, -0.1) is 0 Å². The van der Waals surface area contributed by atoms with E-state index < -0.39 is 11.6 Å². The normalized spacial score (nSPS) is 47.5. The smallest absolute Gasteiger partial charge is 0.411 e. The number of esters is 1. The largest absolute Gasteiger partial charge is 0.468 e. The standard InChI is InChI=1S/C24H35NO5/c1-22-10-11-24(14-25(21(28)30-24)13-20(27)29-3)12-15(22)4-5-16-17-6-7-19(26)23(17,2)9-8-18(16)22/h15-18H,4-14H2,1-3H3/t15-,16-,17-,18-,22-,23-,24+/m0/s1. The molecule has 1 amide bonds. The van der Waals surface area contributed by atoms with Gasteiger partial charge in [-0.3, -0.25) is 14.5 Å². The molecule has 0 N–H and O–H groups in total. The van der Waals surface area contributed by atoms with Gasteiger partial charge >= 0.3 is 12.1 Å². The van der Waals surface area contributed by atoms with Crippen LogP contribution in [-0.4, -0.2) is 48.5 Å². The summed E-state index contributed by atoms with van der Waals surface area (Å²) in [5, 5.41) is 0.